The summed E-state index contributed by atoms with van der Waals surface area (Å²) in [4.78, 5) is 0. The minimum atomic E-state index is -0.221. The number of aromatic nitrogens is 2. The van der Waals surface area contributed by atoms with E-state index in [-0.39, 0.29) is 18.2 Å². The summed E-state index contributed by atoms with van der Waals surface area (Å²) < 4.78 is 15.6. The molecule has 0 amide bonds. The molecule has 0 atom stereocenters. The summed E-state index contributed by atoms with van der Waals surface area (Å²) in [6, 6.07) is 14.9. The lowest BCUT2D eigenvalue weighted by Gasteiger charge is -2.21. The number of rotatable bonds is 2. The number of hydrogen-bond acceptors (Lipinski definition) is 2. The molecule has 1 aliphatic rings. The van der Waals surface area contributed by atoms with Crippen LogP contribution in [0.1, 0.15) is 24.5 Å². The van der Waals surface area contributed by atoms with Crippen molar-refractivity contribution < 1.29 is 4.39 Å². The number of hydrogen-bond donors (Lipinski definition) is 1. The van der Waals surface area contributed by atoms with E-state index in [1.54, 1.807) is 6.07 Å². The van der Waals surface area contributed by atoms with Crippen LogP contribution in [0.15, 0.2) is 48.5 Å². The molecule has 0 radical (unpaired) electrons. The zero-order chi connectivity index (χ0) is 14.9. The first-order valence-corrected chi connectivity index (χ1v) is 7.77. The summed E-state index contributed by atoms with van der Waals surface area (Å²) in [6.45, 7) is 2.04. The smallest absolute Gasteiger partial charge is 0.125 e. The highest BCUT2D eigenvalue weighted by Gasteiger charge is 2.22. The molecule has 1 aliphatic heterocycles. The average Bonchev–Trinajstić information content (AvgIpc) is 2.95. The number of para-hydroxylation sites is 1. The van der Waals surface area contributed by atoms with E-state index >= 15 is 0 Å². The standard InChI is InChI=1S/C18H18FN3.ClH/c19-14-6-7-16-17(12-14)22(15-4-2-1-3-5-15)21-18(16)13-8-10-20-11-9-13;/h1-7,12-13,20H,8-11H2;1H. The van der Waals surface area contributed by atoms with Crippen molar-refractivity contribution >= 4 is 23.3 Å². The van der Waals surface area contributed by atoms with Gasteiger partial charge in [-0.2, -0.15) is 5.10 Å². The number of nitrogens with one attached hydrogen (secondary N) is 1. The van der Waals surface area contributed by atoms with Crippen molar-refractivity contribution in [2.75, 3.05) is 13.1 Å². The summed E-state index contributed by atoms with van der Waals surface area (Å²) in [5.74, 6) is 0.223. The molecule has 0 bridgehead atoms. The maximum Gasteiger partial charge on any atom is 0.125 e. The van der Waals surface area contributed by atoms with Gasteiger partial charge >= 0.3 is 0 Å². The molecule has 5 heteroatoms. The minimum absolute atomic E-state index is 0. The zero-order valence-corrected chi connectivity index (χ0v) is 13.5. The Morgan fingerprint density at radius 1 is 1.04 bits per heavy atom. The lowest BCUT2D eigenvalue weighted by molar-refractivity contribution is 0.453. The molecule has 2 heterocycles. The molecule has 120 valence electrons. The Morgan fingerprint density at radius 2 is 1.78 bits per heavy atom. The van der Waals surface area contributed by atoms with Gasteiger partial charge in [0.2, 0.25) is 0 Å². The van der Waals surface area contributed by atoms with Crippen molar-refractivity contribution in [3.05, 3.63) is 60.0 Å². The summed E-state index contributed by atoms with van der Waals surface area (Å²) >= 11 is 0. The summed E-state index contributed by atoms with van der Waals surface area (Å²) in [7, 11) is 0. The molecule has 2 aromatic carbocycles. The lowest BCUT2D eigenvalue weighted by atomic mass is 9.92. The van der Waals surface area contributed by atoms with Crippen LogP contribution in [-0.4, -0.2) is 22.9 Å². The number of nitrogens with zero attached hydrogens (tertiary/aromatic N) is 2. The Kier molecular flexibility index (Phi) is 4.64. The number of halogens is 2. The van der Waals surface area contributed by atoms with E-state index in [9.17, 15) is 4.39 Å². The van der Waals surface area contributed by atoms with Gasteiger partial charge in [-0.15, -0.1) is 12.4 Å². The molecular formula is C18H19ClFN3. The minimum Gasteiger partial charge on any atom is -0.317 e. The van der Waals surface area contributed by atoms with Gasteiger partial charge in [-0.3, -0.25) is 0 Å². The summed E-state index contributed by atoms with van der Waals surface area (Å²) in [5, 5.41) is 9.30. The molecule has 4 rings (SSSR count). The van der Waals surface area contributed by atoms with E-state index in [0.717, 1.165) is 48.2 Å². The van der Waals surface area contributed by atoms with E-state index in [1.165, 1.54) is 6.07 Å². The van der Waals surface area contributed by atoms with Crippen LogP contribution in [0.5, 0.6) is 0 Å². The fraction of sp³-hybridized carbons (Fsp3) is 0.278. The van der Waals surface area contributed by atoms with Crippen LogP contribution in [0.25, 0.3) is 16.6 Å². The third-order valence-electron chi connectivity index (χ3n) is 4.40. The molecular weight excluding hydrogens is 313 g/mol. The molecule has 3 nitrogen and oxygen atoms in total. The molecule has 23 heavy (non-hydrogen) atoms. The molecule has 0 aliphatic carbocycles. The molecule has 0 spiro atoms. The second-order valence-electron chi connectivity index (χ2n) is 5.82. The maximum atomic E-state index is 13.7. The van der Waals surface area contributed by atoms with Gasteiger partial charge in [0.25, 0.3) is 0 Å². The van der Waals surface area contributed by atoms with E-state index in [2.05, 4.69) is 5.32 Å². The Bertz CT molecular complexity index is 795. The second kappa shape index (κ2) is 6.69. The molecule has 1 fully saturated rings. The molecule has 3 aromatic rings. The van der Waals surface area contributed by atoms with Gasteiger partial charge in [0.1, 0.15) is 5.82 Å². The van der Waals surface area contributed by atoms with Crippen molar-refractivity contribution in [1.29, 1.82) is 0 Å². The van der Waals surface area contributed by atoms with E-state index in [4.69, 9.17) is 5.10 Å². The van der Waals surface area contributed by atoms with Gasteiger partial charge in [-0.05, 0) is 50.2 Å². The first-order chi connectivity index (χ1) is 10.8. The van der Waals surface area contributed by atoms with E-state index in [1.807, 2.05) is 41.1 Å². The SMILES string of the molecule is Cl.Fc1ccc2c(C3CCNCC3)nn(-c3ccccc3)c2c1. The predicted molar refractivity (Wildman–Crippen MR) is 93.1 cm³/mol. The molecule has 1 aromatic heterocycles. The number of piperidine rings is 1. The summed E-state index contributed by atoms with van der Waals surface area (Å²) in [6.07, 6.45) is 2.16. The Balaban J connectivity index is 0.00000156. The third-order valence-corrected chi connectivity index (χ3v) is 4.40. The molecule has 1 saturated heterocycles. The van der Waals surface area contributed by atoms with Crippen molar-refractivity contribution in [3.8, 4) is 5.69 Å². The largest absolute Gasteiger partial charge is 0.317 e. The summed E-state index contributed by atoms with van der Waals surface area (Å²) in [5.41, 5.74) is 2.92. The Hall–Kier alpha value is -1.91. The van der Waals surface area contributed by atoms with Gasteiger partial charge in [0.05, 0.1) is 16.9 Å². The Labute approximate surface area is 140 Å². The van der Waals surface area contributed by atoms with E-state index < -0.39 is 0 Å². The highest BCUT2D eigenvalue weighted by atomic mass is 35.5. The van der Waals surface area contributed by atoms with Crippen molar-refractivity contribution in [3.63, 3.8) is 0 Å². The third kappa shape index (κ3) is 2.96. The fourth-order valence-corrected chi connectivity index (χ4v) is 3.28. The average molecular weight is 332 g/mol. The van der Waals surface area contributed by atoms with Gasteiger partial charge < -0.3 is 5.32 Å². The molecule has 0 saturated carbocycles. The highest BCUT2D eigenvalue weighted by Crippen LogP contribution is 2.32. The normalized spacial score (nSPS) is 15.5. The topological polar surface area (TPSA) is 29.9 Å². The van der Waals surface area contributed by atoms with Crippen LogP contribution >= 0.6 is 12.4 Å². The van der Waals surface area contributed by atoms with E-state index in [0.29, 0.717) is 5.92 Å². The quantitative estimate of drug-likeness (QED) is 0.767. The van der Waals surface area contributed by atoms with Crippen LogP contribution in [0.3, 0.4) is 0 Å². The molecule has 1 N–H and O–H groups in total. The van der Waals surface area contributed by atoms with Crippen LogP contribution in [0.4, 0.5) is 4.39 Å². The maximum absolute atomic E-state index is 13.7. The Morgan fingerprint density at radius 3 is 2.52 bits per heavy atom. The number of fused-ring (bicyclic) bond motifs is 1. The first-order valence-electron chi connectivity index (χ1n) is 7.77. The number of benzene rings is 2. The van der Waals surface area contributed by atoms with Crippen LogP contribution < -0.4 is 5.32 Å². The predicted octanol–water partition coefficient (Wildman–Crippen LogP) is 4.05. The molecule has 0 unspecified atom stereocenters. The van der Waals surface area contributed by atoms with Gasteiger partial charge in [-0.1, -0.05) is 18.2 Å². The van der Waals surface area contributed by atoms with Crippen molar-refractivity contribution in [1.82, 2.24) is 15.1 Å². The van der Waals surface area contributed by atoms with Gasteiger partial charge in [0, 0.05) is 17.4 Å². The van der Waals surface area contributed by atoms with Crippen LogP contribution in [-0.2, 0) is 0 Å². The zero-order valence-electron chi connectivity index (χ0n) is 12.7. The highest BCUT2D eigenvalue weighted by molar-refractivity contribution is 5.85. The van der Waals surface area contributed by atoms with Crippen molar-refractivity contribution in [2.24, 2.45) is 0 Å². The first kappa shape index (κ1) is 16.0. The second-order valence-corrected chi connectivity index (χ2v) is 5.82. The monoisotopic (exact) mass is 331 g/mol. The lowest BCUT2D eigenvalue weighted by Crippen LogP contribution is -2.26. The van der Waals surface area contributed by atoms with Crippen LogP contribution in [0, 0.1) is 5.82 Å². The fourth-order valence-electron chi connectivity index (χ4n) is 3.28. The van der Waals surface area contributed by atoms with Gasteiger partial charge in [0.15, 0.2) is 0 Å². The van der Waals surface area contributed by atoms with Crippen molar-refractivity contribution in [2.45, 2.75) is 18.8 Å². The van der Waals surface area contributed by atoms with Crippen LogP contribution in [0.2, 0.25) is 0 Å². The van der Waals surface area contributed by atoms with Gasteiger partial charge in [-0.25, -0.2) is 9.07 Å².